The van der Waals surface area contributed by atoms with Crippen LogP contribution in [-0.2, 0) is 17.6 Å². The molecule has 0 aliphatic heterocycles. The number of carbonyl (C=O) groups is 1. The molecule has 0 N–H and O–H groups in total. The van der Waals surface area contributed by atoms with Gasteiger partial charge in [0.05, 0.1) is 10.0 Å². The standard InChI is InChI=1S/C20H15Cl2F3N2O2/c1-2-29-11-27-17(18(28)12-6-4-3-5-7-12)16(26-19(27)20(23,24)25)13-8-9-14(21)15(22)10-13/h3-10H,2,11H2,1H3. The zero-order valence-corrected chi connectivity index (χ0v) is 16.6. The number of imidazole rings is 1. The average molecular weight is 443 g/mol. The summed E-state index contributed by atoms with van der Waals surface area (Å²) in [5.41, 5.74) is 0.0689. The van der Waals surface area contributed by atoms with Crippen molar-refractivity contribution in [3.63, 3.8) is 0 Å². The van der Waals surface area contributed by atoms with Crippen molar-refractivity contribution in [3.05, 3.63) is 75.7 Å². The van der Waals surface area contributed by atoms with Gasteiger partial charge >= 0.3 is 6.18 Å². The second-order valence-corrected chi connectivity index (χ2v) is 6.82. The number of ether oxygens (including phenoxy) is 1. The number of benzene rings is 2. The molecule has 3 rings (SSSR count). The van der Waals surface area contributed by atoms with Gasteiger partial charge in [-0.3, -0.25) is 9.36 Å². The van der Waals surface area contributed by atoms with Gasteiger partial charge in [-0.1, -0.05) is 59.6 Å². The lowest BCUT2D eigenvalue weighted by molar-refractivity contribution is -0.149. The van der Waals surface area contributed by atoms with Crippen molar-refractivity contribution in [1.29, 1.82) is 0 Å². The molecule has 4 nitrogen and oxygen atoms in total. The monoisotopic (exact) mass is 442 g/mol. The van der Waals surface area contributed by atoms with Crippen LogP contribution in [0.1, 0.15) is 28.8 Å². The number of nitrogens with zero attached hydrogens (tertiary/aromatic N) is 2. The van der Waals surface area contributed by atoms with Gasteiger partial charge in [0.25, 0.3) is 0 Å². The van der Waals surface area contributed by atoms with Crippen LogP contribution < -0.4 is 0 Å². The van der Waals surface area contributed by atoms with Gasteiger partial charge in [-0.2, -0.15) is 13.2 Å². The SMILES string of the molecule is CCOCn1c(C(F)(F)F)nc(-c2ccc(Cl)c(Cl)c2)c1C(=O)c1ccccc1. The van der Waals surface area contributed by atoms with E-state index in [0.29, 0.717) is 0 Å². The highest BCUT2D eigenvalue weighted by Crippen LogP contribution is 2.36. The van der Waals surface area contributed by atoms with Crippen LogP contribution >= 0.6 is 23.2 Å². The number of rotatable bonds is 6. The third kappa shape index (κ3) is 4.47. The Kier molecular flexibility index (Phi) is 6.31. The van der Waals surface area contributed by atoms with Gasteiger partial charge in [-0.25, -0.2) is 4.98 Å². The molecule has 0 spiro atoms. The lowest BCUT2D eigenvalue weighted by Gasteiger charge is -2.13. The zero-order chi connectivity index (χ0) is 21.2. The normalized spacial score (nSPS) is 11.7. The van der Waals surface area contributed by atoms with Crippen LogP contribution in [0.3, 0.4) is 0 Å². The summed E-state index contributed by atoms with van der Waals surface area (Å²) in [5.74, 6) is -1.85. The van der Waals surface area contributed by atoms with Crippen molar-refractivity contribution in [2.24, 2.45) is 0 Å². The fraction of sp³-hybridized carbons (Fsp3) is 0.200. The molecule has 0 radical (unpaired) electrons. The Balaban J connectivity index is 2.29. The van der Waals surface area contributed by atoms with Crippen molar-refractivity contribution in [1.82, 2.24) is 9.55 Å². The van der Waals surface area contributed by atoms with Crippen molar-refractivity contribution in [2.45, 2.75) is 19.8 Å². The van der Waals surface area contributed by atoms with Gasteiger partial charge in [-0.05, 0) is 19.1 Å². The summed E-state index contributed by atoms with van der Waals surface area (Å²) in [4.78, 5) is 16.9. The Morgan fingerprint density at radius 2 is 1.79 bits per heavy atom. The zero-order valence-electron chi connectivity index (χ0n) is 15.1. The Morgan fingerprint density at radius 3 is 2.38 bits per heavy atom. The summed E-state index contributed by atoms with van der Waals surface area (Å²) in [5, 5.41) is 0.367. The smallest absolute Gasteiger partial charge is 0.361 e. The molecular weight excluding hydrogens is 428 g/mol. The maximum absolute atomic E-state index is 13.7. The fourth-order valence-electron chi connectivity index (χ4n) is 2.78. The molecule has 9 heteroatoms. The molecule has 2 aromatic carbocycles. The third-order valence-corrected chi connectivity index (χ3v) is 4.83. The minimum absolute atomic E-state index is 0.134. The van der Waals surface area contributed by atoms with Crippen LogP contribution in [0, 0.1) is 0 Å². The number of hydrogen-bond donors (Lipinski definition) is 0. The quantitative estimate of drug-likeness (QED) is 0.433. The molecule has 152 valence electrons. The largest absolute Gasteiger partial charge is 0.449 e. The Labute approximate surface area is 174 Å². The molecular formula is C20H15Cl2F3N2O2. The molecule has 0 bridgehead atoms. The molecule has 3 aromatic rings. The highest BCUT2D eigenvalue weighted by molar-refractivity contribution is 6.42. The Morgan fingerprint density at radius 1 is 1.10 bits per heavy atom. The topological polar surface area (TPSA) is 44.1 Å². The number of halogens is 5. The number of aromatic nitrogens is 2. The lowest BCUT2D eigenvalue weighted by Crippen LogP contribution is -2.20. The van der Waals surface area contributed by atoms with E-state index in [-0.39, 0.29) is 39.2 Å². The van der Waals surface area contributed by atoms with Gasteiger partial charge in [0.2, 0.25) is 11.6 Å². The van der Waals surface area contributed by atoms with Gasteiger partial charge < -0.3 is 4.74 Å². The first kappa shape index (κ1) is 21.4. The molecule has 0 unspecified atom stereocenters. The molecule has 0 saturated carbocycles. The van der Waals surface area contributed by atoms with Crippen LogP contribution in [-0.4, -0.2) is 21.9 Å². The van der Waals surface area contributed by atoms with Gasteiger partial charge in [0.1, 0.15) is 18.1 Å². The molecule has 29 heavy (non-hydrogen) atoms. The molecule has 0 atom stereocenters. The first-order chi connectivity index (χ1) is 13.7. The van der Waals surface area contributed by atoms with Crippen LogP contribution in [0.15, 0.2) is 48.5 Å². The second-order valence-electron chi connectivity index (χ2n) is 6.00. The number of carbonyl (C=O) groups excluding carboxylic acids is 1. The molecule has 0 aliphatic rings. The summed E-state index contributed by atoms with van der Waals surface area (Å²) in [7, 11) is 0. The van der Waals surface area contributed by atoms with E-state index in [9.17, 15) is 18.0 Å². The van der Waals surface area contributed by atoms with E-state index >= 15 is 0 Å². The van der Waals surface area contributed by atoms with Crippen molar-refractivity contribution in [2.75, 3.05) is 6.61 Å². The van der Waals surface area contributed by atoms with E-state index in [1.807, 2.05) is 0 Å². The molecule has 1 aromatic heterocycles. The highest BCUT2D eigenvalue weighted by Gasteiger charge is 2.40. The van der Waals surface area contributed by atoms with E-state index in [4.69, 9.17) is 27.9 Å². The second kappa shape index (κ2) is 8.57. The molecule has 0 saturated heterocycles. The van der Waals surface area contributed by atoms with Crippen molar-refractivity contribution < 1.29 is 22.7 Å². The van der Waals surface area contributed by atoms with Crippen LogP contribution in [0.5, 0.6) is 0 Å². The minimum Gasteiger partial charge on any atom is -0.361 e. The van der Waals surface area contributed by atoms with E-state index in [2.05, 4.69) is 4.98 Å². The van der Waals surface area contributed by atoms with Crippen LogP contribution in [0.25, 0.3) is 11.3 Å². The average Bonchev–Trinajstić information content (AvgIpc) is 3.08. The molecule has 0 aliphatic carbocycles. The van der Waals surface area contributed by atoms with Gasteiger partial charge in [-0.15, -0.1) is 0 Å². The maximum Gasteiger partial charge on any atom is 0.449 e. The summed E-state index contributed by atoms with van der Waals surface area (Å²) in [6, 6.07) is 12.3. The van der Waals surface area contributed by atoms with Crippen LogP contribution in [0.2, 0.25) is 10.0 Å². The van der Waals surface area contributed by atoms with Crippen molar-refractivity contribution >= 4 is 29.0 Å². The number of alkyl halides is 3. The Bertz CT molecular complexity index is 1030. The first-order valence-electron chi connectivity index (χ1n) is 8.54. The fourth-order valence-corrected chi connectivity index (χ4v) is 3.08. The van der Waals surface area contributed by atoms with E-state index < -0.39 is 24.5 Å². The predicted octanol–water partition coefficient (Wildman–Crippen LogP) is 6.10. The van der Waals surface area contributed by atoms with Gasteiger partial charge in [0, 0.05) is 17.7 Å². The van der Waals surface area contributed by atoms with Crippen LogP contribution in [0.4, 0.5) is 13.2 Å². The summed E-state index contributed by atoms with van der Waals surface area (Å²) in [6.07, 6.45) is -4.79. The maximum atomic E-state index is 13.7. The predicted molar refractivity (Wildman–Crippen MR) is 104 cm³/mol. The summed E-state index contributed by atoms with van der Waals surface area (Å²) < 4.78 is 47.0. The van der Waals surface area contributed by atoms with Crippen molar-refractivity contribution in [3.8, 4) is 11.3 Å². The summed E-state index contributed by atoms with van der Waals surface area (Å²) >= 11 is 12.0. The molecule has 0 amide bonds. The molecule has 0 fully saturated rings. The summed E-state index contributed by atoms with van der Waals surface area (Å²) in [6.45, 7) is 1.33. The first-order valence-corrected chi connectivity index (χ1v) is 9.30. The Hall–Kier alpha value is -2.35. The molecule has 1 heterocycles. The minimum atomic E-state index is -4.79. The number of hydrogen-bond acceptors (Lipinski definition) is 3. The van der Waals surface area contributed by atoms with E-state index in [0.717, 1.165) is 4.57 Å². The third-order valence-electron chi connectivity index (χ3n) is 4.09. The van der Waals surface area contributed by atoms with E-state index in [1.165, 1.54) is 30.3 Å². The van der Waals surface area contributed by atoms with Gasteiger partial charge in [0.15, 0.2) is 0 Å². The number of ketones is 1. The highest BCUT2D eigenvalue weighted by atomic mass is 35.5. The van der Waals surface area contributed by atoms with E-state index in [1.54, 1.807) is 25.1 Å². The lowest BCUT2D eigenvalue weighted by atomic mass is 10.0.